The molecule has 1 aliphatic heterocycles. The molecule has 1 saturated heterocycles. The summed E-state index contributed by atoms with van der Waals surface area (Å²) in [5.74, 6) is -21.6. The largest absolute Gasteiger partial charge is 0.400 e. The van der Waals surface area contributed by atoms with Gasteiger partial charge in [-0.1, -0.05) is 6.07 Å². The van der Waals surface area contributed by atoms with Gasteiger partial charge in [0, 0.05) is 5.56 Å². The molecule has 148 valence electrons. The summed E-state index contributed by atoms with van der Waals surface area (Å²) in [6.07, 6.45) is -2.62. The summed E-state index contributed by atoms with van der Waals surface area (Å²) in [6, 6.07) is 0.307. The van der Waals surface area contributed by atoms with Crippen LogP contribution >= 0.6 is 0 Å². The summed E-state index contributed by atoms with van der Waals surface area (Å²) in [7, 11) is -0.882. The number of hydrogen-bond acceptors (Lipinski definition) is 3. The first-order valence-electron chi connectivity index (χ1n) is 7.19. The molecule has 2 aromatic rings. The van der Waals surface area contributed by atoms with E-state index >= 15 is 0 Å². The number of halogens is 9. The molecule has 13 heteroatoms. The Kier molecular flexibility index (Phi) is 4.92. The molecule has 1 aliphatic rings. The first-order chi connectivity index (χ1) is 13.0. The van der Waals surface area contributed by atoms with Crippen LogP contribution in [-0.4, -0.2) is 19.3 Å². The van der Waals surface area contributed by atoms with Gasteiger partial charge in [0.2, 0.25) is 11.9 Å². The molecule has 28 heavy (non-hydrogen) atoms. The van der Waals surface area contributed by atoms with Crippen LogP contribution in [0.1, 0.15) is 5.56 Å². The lowest BCUT2D eigenvalue weighted by Crippen LogP contribution is -2.37. The van der Waals surface area contributed by atoms with Gasteiger partial charge in [-0.3, -0.25) is 4.81 Å². The summed E-state index contributed by atoms with van der Waals surface area (Å²) >= 11 is 0. The zero-order valence-electron chi connectivity index (χ0n) is 13.1. The first kappa shape index (κ1) is 20.2. The number of benzene rings is 2. The Morgan fingerprint density at radius 1 is 0.786 bits per heavy atom. The Morgan fingerprint density at radius 3 is 1.82 bits per heavy atom. The van der Waals surface area contributed by atoms with Crippen LogP contribution in [0.25, 0.3) is 11.1 Å². The molecule has 0 aliphatic carbocycles. The maximum Gasteiger partial charge on any atom is 0.400 e. The van der Waals surface area contributed by atoms with Crippen LogP contribution in [0.3, 0.4) is 0 Å². The molecule has 0 spiro atoms. The molecule has 1 atom stereocenters. The highest BCUT2D eigenvalue weighted by Crippen LogP contribution is 2.41. The SMILES string of the molecule is O=C1BOOC1C(F)(F)c1ccc(-c2c(F)c(F)c(F)c(F)c2F)c(F)c1F. The van der Waals surface area contributed by atoms with Gasteiger partial charge in [-0.2, -0.15) is 8.78 Å². The van der Waals surface area contributed by atoms with Crippen LogP contribution in [0.2, 0.25) is 0 Å². The van der Waals surface area contributed by atoms with Crippen LogP contribution in [-0.2, 0) is 20.4 Å². The smallest absolute Gasteiger partial charge is 0.305 e. The average Bonchev–Trinajstić information content (AvgIpc) is 3.08. The van der Waals surface area contributed by atoms with Gasteiger partial charge in [-0.15, -0.1) is 0 Å². The van der Waals surface area contributed by atoms with Crippen molar-refractivity contribution in [3.05, 3.63) is 58.4 Å². The van der Waals surface area contributed by atoms with Gasteiger partial charge in [-0.25, -0.2) is 35.6 Å². The van der Waals surface area contributed by atoms with Crippen molar-refractivity contribution in [3.8, 4) is 11.1 Å². The fourth-order valence-electron chi connectivity index (χ4n) is 2.53. The predicted octanol–water partition coefficient (Wildman–Crippen LogP) is 3.63. The van der Waals surface area contributed by atoms with E-state index in [0.717, 1.165) is 0 Å². The Labute approximate surface area is 149 Å². The lowest BCUT2D eigenvalue weighted by molar-refractivity contribution is -0.272. The molecule has 0 saturated carbocycles. The van der Waals surface area contributed by atoms with Crippen LogP contribution in [0, 0.1) is 40.7 Å². The van der Waals surface area contributed by atoms with Gasteiger partial charge >= 0.3 is 13.4 Å². The van der Waals surface area contributed by atoms with Crippen molar-refractivity contribution in [3.63, 3.8) is 0 Å². The number of carbonyl (C=O) groups is 1. The van der Waals surface area contributed by atoms with E-state index in [9.17, 15) is 44.3 Å². The third-order valence-corrected chi connectivity index (χ3v) is 3.91. The van der Waals surface area contributed by atoms with Gasteiger partial charge in [0.25, 0.3) is 0 Å². The quantitative estimate of drug-likeness (QED) is 0.253. The highest BCUT2D eigenvalue weighted by atomic mass is 19.3. The minimum Gasteiger partial charge on any atom is -0.305 e. The highest BCUT2D eigenvalue weighted by Gasteiger charge is 2.53. The van der Waals surface area contributed by atoms with E-state index in [4.69, 9.17) is 0 Å². The van der Waals surface area contributed by atoms with Gasteiger partial charge in [0.05, 0.1) is 11.1 Å². The van der Waals surface area contributed by atoms with Gasteiger partial charge < -0.3 is 4.79 Å². The number of alkyl halides is 2. The zero-order valence-corrected chi connectivity index (χ0v) is 13.1. The third kappa shape index (κ3) is 2.85. The molecular formula is C15H4BF9O3. The van der Waals surface area contributed by atoms with E-state index in [2.05, 4.69) is 9.69 Å². The monoisotopic (exact) mass is 414 g/mol. The summed E-state index contributed by atoms with van der Waals surface area (Å²) in [6.45, 7) is 0. The third-order valence-electron chi connectivity index (χ3n) is 3.91. The van der Waals surface area contributed by atoms with Crippen molar-refractivity contribution in [2.24, 2.45) is 0 Å². The zero-order chi connectivity index (χ0) is 21.0. The molecule has 3 rings (SSSR count). The second kappa shape index (κ2) is 6.81. The Bertz CT molecular complexity index is 966. The molecule has 1 unspecified atom stereocenters. The van der Waals surface area contributed by atoms with E-state index in [1.165, 1.54) is 0 Å². The molecule has 0 radical (unpaired) electrons. The summed E-state index contributed by atoms with van der Waals surface area (Å²) < 4.78 is 124. The van der Waals surface area contributed by atoms with Crippen molar-refractivity contribution in [1.82, 2.24) is 0 Å². The molecule has 0 aromatic heterocycles. The fraction of sp³-hybridized carbons (Fsp3) is 0.133. The Hall–Kier alpha value is -2.54. The van der Waals surface area contributed by atoms with Crippen molar-refractivity contribution in [2.75, 3.05) is 0 Å². The fourth-order valence-corrected chi connectivity index (χ4v) is 2.53. The predicted molar refractivity (Wildman–Crippen MR) is 73.6 cm³/mol. The summed E-state index contributed by atoms with van der Waals surface area (Å²) in [5.41, 5.74) is -6.39. The molecule has 2 aromatic carbocycles. The molecule has 1 fully saturated rings. The standard InChI is InChI=1S/C15H4BF9O3/c17-6-3(5-8(19)10(21)12(23)11(22)9(5)20)1-2-4(7(6)18)15(24,25)13-14(26)16-28-27-13/h1-2,13,16H. The van der Waals surface area contributed by atoms with Crippen molar-refractivity contribution < 1.29 is 54.0 Å². The van der Waals surface area contributed by atoms with Crippen LogP contribution in [0.4, 0.5) is 39.5 Å². The van der Waals surface area contributed by atoms with Crippen LogP contribution in [0.5, 0.6) is 0 Å². The minimum atomic E-state index is -4.46. The van der Waals surface area contributed by atoms with Crippen molar-refractivity contribution >= 4 is 13.2 Å². The van der Waals surface area contributed by atoms with E-state index in [0.29, 0.717) is 0 Å². The van der Waals surface area contributed by atoms with Gasteiger partial charge in [0.1, 0.15) is 0 Å². The van der Waals surface area contributed by atoms with Gasteiger partial charge in [-0.05, 0) is 6.07 Å². The maximum atomic E-state index is 14.3. The van der Waals surface area contributed by atoms with E-state index < -0.39 is 82.6 Å². The Morgan fingerprint density at radius 2 is 1.32 bits per heavy atom. The average molecular weight is 414 g/mol. The normalized spacial score (nSPS) is 17.2. The lowest BCUT2D eigenvalue weighted by atomic mass is 9.85. The second-order valence-corrected chi connectivity index (χ2v) is 5.56. The highest BCUT2D eigenvalue weighted by molar-refractivity contribution is 6.70. The summed E-state index contributed by atoms with van der Waals surface area (Å²) in [4.78, 5) is 19.4. The van der Waals surface area contributed by atoms with E-state index in [1.54, 1.807) is 0 Å². The van der Waals surface area contributed by atoms with Crippen molar-refractivity contribution in [2.45, 2.75) is 12.0 Å². The molecule has 0 bridgehead atoms. The second-order valence-electron chi connectivity index (χ2n) is 5.56. The number of hydrogen-bond donors (Lipinski definition) is 0. The lowest BCUT2D eigenvalue weighted by Gasteiger charge is -2.22. The van der Waals surface area contributed by atoms with E-state index in [1.807, 2.05) is 0 Å². The molecule has 0 amide bonds. The number of rotatable bonds is 3. The molecule has 1 heterocycles. The topological polar surface area (TPSA) is 35.5 Å². The van der Waals surface area contributed by atoms with Gasteiger partial charge in [0.15, 0.2) is 40.6 Å². The van der Waals surface area contributed by atoms with E-state index in [-0.39, 0.29) is 12.1 Å². The van der Waals surface area contributed by atoms with Crippen molar-refractivity contribution in [1.29, 1.82) is 0 Å². The van der Waals surface area contributed by atoms with Crippen LogP contribution in [0.15, 0.2) is 12.1 Å². The number of carbonyl (C=O) groups excluding carboxylic acids is 1. The molecular weight excluding hydrogens is 410 g/mol. The maximum absolute atomic E-state index is 14.3. The van der Waals surface area contributed by atoms with Crippen LogP contribution < -0.4 is 0 Å². The minimum absolute atomic E-state index is 0.126. The molecule has 3 nitrogen and oxygen atoms in total. The summed E-state index contributed by atoms with van der Waals surface area (Å²) in [5, 5.41) is 0. The molecule has 0 N–H and O–H groups in total. The Balaban J connectivity index is 2.19. The first-order valence-corrected chi connectivity index (χ1v) is 7.19.